The average molecular weight is 553 g/mol. The number of fused-ring (bicyclic) bond motifs is 1. The molecule has 198 valence electrons. The van der Waals surface area contributed by atoms with E-state index in [1.165, 1.54) is 0 Å². The number of methoxy groups -OCH3 is 2. The molecule has 2 heterocycles. The first kappa shape index (κ1) is 26.4. The number of hydrogen-bond acceptors (Lipinski definition) is 6. The van der Waals surface area contributed by atoms with E-state index >= 15 is 0 Å². The fraction of sp³-hybridized carbons (Fsp3) is 0.310. The summed E-state index contributed by atoms with van der Waals surface area (Å²) in [5, 5.41) is 7.32. The number of hydrogen-bond donors (Lipinski definition) is 2. The van der Waals surface area contributed by atoms with E-state index in [2.05, 4.69) is 34.4 Å². The Morgan fingerprint density at radius 3 is 2.21 bits per heavy atom. The van der Waals surface area contributed by atoms with Crippen LogP contribution in [0.3, 0.4) is 0 Å². The van der Waals surface area contributed by atoms with Gasteiger partial charge in [0.1, 0.15) is 17.3 Å². The Kier molecular flexibility index (Phi) is 7.52. The van der Waals surface area contributed by atoms with Crippen molar-refractivity contribution in [3.05, 3.63) is 75.3 Å². The van der Waals surface area contributed by atoms with E-state index in [0.29, 0.717) is 57.1 Å². The second-order valence-corrected chi connectivity index (χ2v) is 10.5. The minimum atomic E-state index is -0.196. The molecule has 9 heteroatoms. The number of rotatable bonds is 5. The van der Waals surface area contributed by atoms with Crippen LogP contribution in [-0.4, -0.2) is 51.1 Å². The number of anilines is 1. The van der Waals surface area contributed by atoms with Gasteiger partial charge in [0, 0.05) is 53.6 Å². The quantitative estimate of drug-likeness (QED) is 0.433. The van der Waals surface area contributed by atoms with Crippen LogP contribution in [0, 0.1) is 0 Å². The molecular weight excluding hydrogens is 523 g/mol. The van der Waals surface area contributed by atoms with Gasteiger partial charge in [-0.1, -0.05) is 35.3 Å². The average Bonchev–Trinajstić information content (AvgIpc) is 3.30. The normalized spacial score (nSPS) is 18.6. The molecule has 7 nitrogen and oxygen atoms in total. The SMILES string of the molecule is COc1cc(OC)c(Cl)c(-c2ccc3c(c2)CN=C3NC(=O)c2ccc(N3C[C@@H](C)N[C@@H](C)C3)cc2)c1Cl. The molecule has 3 aromatic carbocycles. The van der Waals surface area contributed by atoms with Crippen LogP contribution < -0.4 is 25.0 Å². The third-order valence-electron chi connectivity index (χ3n) is 6.91. The molecule has 0 unspecified atom stereocenters. The number of aliphatic imine (C=N–C) groups is 1. The lowest BCUT2D eigenvalue weighted by molar-refractivity contribution is 0.0977. The summed E-state index contributed by atoms with van der Waals surface area (Å²) in [5.74, 6) is 1.29. The van der Waals surface area contributed by atoms with Crippen molar-refractivity contribution >= 4 is 40.6 Å². The second kappa shape index (κ2) is 10.8. The Labute approximate surface area is 232 Å². The van der Waals surface area contributed by atoms with Crippen molar-refractivity contribution in [2.45, 2.75) is 32.5 Å². The van der Waals surface area contributed by atoms with Crippen molar-refractivity contribution in [2.75, 3.05) is 32.2 Å². The zero-order chi connectivity index (χ0) is 27.0. The van der Waals surface area contributed by atoms with Crippen molar-refractivity contribution in [1.29, 1.82) is 0 Å². The summed E-state index contributed by atoms with van der Waals surface area (Å²) in [6.07, 6.45) is 0. The number of carbonyl (C=O) groups excluding carboxylic acids is 1. The van der Waals surface area contributed by atoms with Gasteiger partial charge in [0.2, 0.25) is 0 Å². The minimum absolute atomic E-state index is 0.196. The van der Waals surface area contributed by atoms with Gasteiger partial charge in [-0.25, -0.2) is 0 Å². The Morgan fingerprint density at radius 1 is 0.974 bits per heavy atom. The summed E-state index contributed by atoms with van der Waals surface area (Å²) in [6.45, 7) is 6.68. The Balaban J connectivity index is 1.33. The van der Waals surface area contributed by atoms with Gasteiger partial charge in [-0.2, -0.15) is 0 Å². The fourth-order valence-electron chi connectivity index (χ4n) is 5.15. The Hall–Kier alpha value is -3.26. The molecule has 0 spiro atoms. The van der Waals surface area contributed by atoms with Crippen molar-refractivity contribution in [3.8, 4) is 22.6 Å². The van der Waals surface area contributed by atoms with Crippen molar-refractivity contribution in [1.82, 2.24) is 10.6 Å². The lowest BCUT2D eigenvalue weighted by Gasteiger charge is -2.37. The fourth-order valence-corrected chi connectivity index (χ4v) is 5.87. The van der Waals surface area contributed by atoms with Gasteiger partial charge in [0.05, 0.1) is 30.8 Å². The summed E-state index contributed by atoms with van der Waals surface area (Å²) in [4.78, 5) is 20.0. The molecule has 0 saturated carbocycles. The molecule has 0 aliphatic carbocycles. The Bertz CT molecular complexity index is 1370. The second-order valence-electron chi connectivity index (χ2n) is 9.70. The smallest absolute Gasteiger partial charge is 0.256 e. The van der Waals surface area contributed by atoms with Crippen LogP contribution in [0.4, 0.5) is 5.69 Å². The highest BCUT2D eigenvalue weighted by Crippen LogP contribution is 2.46. The molecule has 1 fully saturated rings. The first-order valence-corrected chi connectivity index (χ1v) is 13.2. The molecule has 1 amide bonds. The number of ether oxygens (including phenoxy) is 2. The van der Waals surface area contributed by atoms with Gasteiger partial charge in [-0.15, -0.1) is 0 Å². The highest BCUT2D eigenvalue weighted by Gasteiger charge is 2.24. The largest absolute Gasteiger partial charge is 0.495 e. The summed E-state index contributed by atoms with van der Waals surface area (Å²) in [6, 6.07) is 16.0. The lowest BCUT2D eigenvalue weighted by Crippen LogP contribution is -2.54. The Morgan fingerprint density at radius 2 is 1.61 bits per heavy atom. The van der Waals surface area contributed by atoms with Crippen LogP contribution in [0.2, 0.25) is 10.0 Å². The van der Waals surface area contributed by atoms with Gasteiger partial charge < -0.3 is 25.0 Å². The predicted molar refractivity (Wildman–Crippen MR) is 153 cm³/mol. The standard InChI is InChI=1S/C29H30Cl2N4O3/c1-16-14-35(15-17(2)33-16)21-8-5-18(6-9-21)29(36)34-28-22-10-7-19(11-20(22)13-32-28)25-26(30)23(37-3)12-24(38-4)27(25)31/h5-12,16-17,33H,13-15H2,1-4H3,(H,32,34,36)/t16-,17+. The van der Waals surface area contributed by atoms with E-state index in [0.717, 1.165) is 35.5 Å². The highest BCUT2D eigenvalue weighted by molar-refractivity contribution is 6.41. The number of nitrogens with zero attached hydrogens (tertiary/aromatic N) is 2. The molecule has 0 bridgehead atoms. The zero-order valence-electron chi connectivity index (χ0n) is 21.8. The predicted octanol–water partition coefficient (Wildman–Crippen LogP) is 5.55. The minimum Gasteiger partial charge on any atom is -0.495 e. The molecule has 3 aromatic rings. The van der Waals surface area contributed by atoms with Crippen LogP contribution in [0.1, 0.15) is 35.3 Å². The number of amides is 1. The number of halogens is 2. The monoisotopic (exact) mass is 552 g/mol. The molecule has 1 saturated heterocycles. The summed E-state index contributed by atoms with van der Waals surface area (Å²) in [5.41, 5.74) is 4.96. The van der Waals surface area contributed by atoms with Crippen LogP contribution in [-0.2, 0) is 6.54 Å². The highest BCUT2D eigenvalue weighted by atomic mass is 35.5. The summed E-state index contributed by atoms with van der Waals surface area (Å²) >= 11 is 13.2. The molecule has 0 radical (unpaired) electrons. The molecular formula is C29H30Cl2N4O3. The van der Waals surface area contributed by atoms with Gasteiger partial charge in [-0.05, 0) is 55.3 Å². The summed E-state index contributed by atoms with van der Waals surface area (Å²) in [7, 11) is 3.09. The van der Waals surface area contributed by atoms with Crippen molar-refractivity contribution in [2.24, 2.45) is 4.99 Å². The molecule has 2 N–H and O–H groups in total. The van der Waals surface area contributed by atoms with Crippen LogP contribution in [0.5, 0.6) is 11.5 Å². The topological polar surface area (TPSA) is 75.2 Å². The van der Waals surface area contributed by atoms with E-state index in [1.807, 2.05) is 42.5 Å². The molecule has 38 heavy (non-hydrogen) atoms. The zero-order valence-corrected chi connectivity index (χ0v) is 23.3. The maximum absolute atomic E-state index is 13.0. The van der Waals surface area contributed by atoms with E-state index in [4.69, 9.17) is 32.7 Å². The third kappa shape index (κ3) is 5.06. The first-order valence-electron chi connectivity index (χ1n) is 12.5. The van der Waals surface area contributed by atoms with Gasteiger partial charge in [0.15, 0.2) is 0 Å². The number of carbonyl (C=O) groups is 1. The summed E-state index contributed by atoms with van der Waals surface area (Å²) < 4.78 is 10.8. The van der Waals surface area contributed by atoms with E-state index in [1.54, 1.807) is 20.3 Å². The molecule has 0 aromatic heterocycles. The molecule has 2 aliphatic rings. The third-order valence-corrected chi connectivity index (χ3v) is 7.66. The van der Waals surface area contributed by atoms with Crippen LogP contribution in [0.15, 0.2) is 53.5 Å². The van der Waals surface area contributed by atoms with Gasteiger partial charge >= 0.3 is 0 Å². The molecule has 2 atom stereocenters. The van der Waals surface area contributed by atoms with E-state index in [-0.39, 0.29) is 5.91 Å². The van der Waals surface area contributed by atoms with Crippen LogP contribution >= 0.6 is 23.2 Å². The maximum atomic E-state index is 13.0. The maximum Gasteiger partial charge on any atom is 0.256 e. The lowest BCUT2D eigenvalue weighted by atomic mass is 9.99. The molecule has 2 aliphatic heterocycles. The van der Waals surface area contributed by atoms with E-state index < -0.39 is 0 Å². The number of benzene rings is 3. The number of nitrogens with one attached hydrogen (secondary N) is 2. The van der Waals surface area contributed by atoms with Gasteiger partial charge in [0.25, 0.3) is 5.91 Å². The van der Waals surface area contributed by atoms with Crippen LogP contribution in [0.25, 0.3) is 11.1 Å². The number of amidine groups is 1. The van der Waals surface area contributed by atoms with Crippen molar-refractivity contribution in [3.63, 3.8) is 0 Å². The van der Waals surface area contributed by atoms with Crippen molar-refractivity contribution < 1.29 is 14.3 Å². The first-order chi connectivity index (χ1) is 18.3. The van der Waals surface area contributed by atoms with E-state index in [9.17, 15) is 4.79 Å². The number of piperazine rings is 1. The molecule has 5 rings (SSSR count). The van der Waals surface area contributed by atoms with Gasteiger partial charge in [-0.3, -0.25) is 9.79 Å².